The van der Waals surface area contributed by atoms with E-state index in [0.717, 1.165) is 24.6 Å². The SMILES string of the molecule is CCC[C@@H](N)C(=O)NC(C)c1cc(F)ccc1F. The summed E-state index contributed by atoms with van der Waals surface area (Å²) in [5.74, 6) is -1.44. The molecule has 100 valence electrons. The Bertz CT molecular complexity index is 423. The van der Waals surface area contributed by atoms with E-state index in [0.29, 0.717) is 6.42 Å². The Balaban J connectivity index is 2.73. The first-order valence-electron chi connectivity index (χ1n) is 5.96. The number of nitrogens with two attached hydrogens (primary N) is 1. The molecule has 0 aliphatic rings. The van der Waals surface area contributed by atoms with E-state index in [2.05, 4.69) is 5.32 Å². The molecule has 1 aromatic carbocycles. The number of rotatable bonds is 5. The highest BCUT2D eigenvalue weighted by molar-refractivity contribution is 5.81. The van der Waals surface area contributed by atoms with Crippen molar-refractivity contribution in [3.05, 3.63) is 35.4 Å². The van der Waals surface area contributed by atoms with Crippen LogP contribution in [0.15, 0.2) is 18.2 Å². The fourth-order valence-electron chi connectivity index (χ4n) is 1.69. The monoisotopic (exact) mass is 256 g/mol. The Hall–Kier alpha value is -1.49. The summed E-state index contributed by atoms with van der Waals surface area (Å²) in [5, 5.41) is 2.58. The number of benzene rings is 1. The molecule has 0 heterocycles. The first-order chi connectivity index (χ1) is 8.45. The third kappa shape index (κ3) is 3.77. The van der Waals surface area contributed by atoms with E-state index in [1.807, 2.05) is 6.92 Å². The van der Waals surface area contributed by atoms with E-state index < -0.39 is 23.7 Å². The van der Waals surface area contributed by atoms with Crippen LogP contribution < -0.4 is 11.1 Å². The molecule has 0 saturated heterocycles. The lowest BCUT2D eigenvalue weighted by Gasteiger charge is -2.18. The molecule has 0 bridgehead atoms. The zero-order valence-electron chi connectivity index (χ0n) is 10.5. The molecule has 0 aromatic heterocycles. The Morgan fingerprint density at radius 3 is 2.72 bits per heavy atom. The predicted octanol–water partition coefficient (Wildman–Crippen LogP) is 2.27. The van der Waals surface area contributed by atoms with Crippen LogP contribution in [0.3, 0.4) is 0 Å². The second kappa shape index (κ2) is 6.44. The Labute approximate surface area is 105 Å². The first kappa shape index (κ1) is 14.6. The average molecular weight is 256 g/mol. The molecule has 2 atom stereocenters. The molecule has 18 heavy (non-hydrogen) atoms. The van der Waals surface area contributed by atoms with Crippen molar-refractivity contribution in [2.24, 2.45) is 5.73 Å². The summed E-state index contributed by atoms with van der Waals surface area (Å²) in [6, 6.07) is 1.92. The van der Waals surface area contributed by atoms with Gasteiger partial charge in [0.15, 0.2) is 0 Å². The van der Waals surface area contributed by atoms with E-state index >= 15 is 0 Å². The normalized spacial score (nSPS) is 14.1. The largest absolute Gasteiger partial charge is 0.348 e. The summed E-state index contributed by atoms with van der Waals surface area (Å²) in [4.78, 5) is 11.7. The van der Waals surface area contributed by atoms with Crippen LogP contribution in [0.25, 0.3) is 0 Å². The van der Waals surface area contributed by atoms with Crippen molar-refractivity contribution >= 4 is 5.91 Å². The fraction of sp³-hybridized carbons (Fsp3) is 0.462. The summed E-state index contributed by atoms with van der Waals surface area (Å²) in [7, 11) is 0. The van der Waals surface area contributed by atoms with Crippen molar-refractivity contribution < 1.29 is 13.6 Å². The number of nitrogens with one attached hydrogen (secondary N) is 1. The lowest BCUT2D eigenvalue weighted by Crippen LogP contribution is -2.41. The number of carbonyl (C=O) groups excluding carboxylic acids is 1. The second-order valence-electron chi connectivity index (χ2n) is 4.29. The third-order valence-electron chi connectivity index (χ3n) is 2.72. The van der Waals surface area contributed by atoms with Crippen LogP contribution in [0.1, 0.15) is 38.3 Å². The number of hydrogen-bond acceptors (Lipinski definition) is 2. The third-order valence-corrected chi connectivity index (χ3v) is 2.72. The van der Waals surface area contributed by atoms with Gasteiger partial charge in [-0.05, 0) is 31.5 Å². The fourth-order valence-corrected chi connectivity index (χ4v) is 1.69. The van der Waals surface area contributed by atoms with Crippen LogP contribution in [-0.2, 0) is 4.79 Å². The zero-order valence-corrected chi connectivity index (χ0v) is 10.5. The van der Waals surface area contributed by atoms with E-state index in [1.54, 1.807) is 6.92 Å². The topological polar surface area (TPSA) is 55.1 Å². The molecule has 0 radical (unpaired) electrons. The maximum absolute atomic E-state index is 13.5. The molecule has 3 N–H and O–H groups in total. The van der Waals surface area contributed by atoms with Crippen LogP contribution in [0, 0.1) is 11.6 Å². The summed E-state index contributed by atoms with van der Waals surface area (Å²) in [5.41, 5.74) is 5.76. The van der Waals surface area contributed by atoms with Gasteiger partial charge in [-0.1, -0.05) is 13.3 Å². The van der Waals surface area contributed by atoms with Gasteiger partial charge < -0.3 is 11.1 Å². The van der Waals surface area contributed by atoms with E-state index in [1.165, 1.54) is 0 Å². The summed E-state index contributed by atoms with van der Waals surface area (Å²) in [6.07, 6.45) is 1.35. The van der Waals surface area contributed by atoms with Crippen LogP contribution in [0.2, 0.25) is 0 Å². The minimum atomic E-state index is -0.617. The van der Waals surface area contributed by atoms with E-state index in [4.69, 9.17) is 5.73 Å². The molecule has 0 aliphatic carbocycles. The summed E-state index contributed by atoms with van der Waals surface area (Å²) >= 11 is 0. The smallest absolute Gasteiger partial charge is 0.237 e. The van der Waals surface area contributed by atoms with Gasteiger partial charge in [0.05, 0.1) is 12.1 Å². The maximum Gasteiger partial charge on any atom is 0.237 e. The number of halogens is 2. The van der Waals surface area contributed by atoms with Crippen LogP contribution in [0.4, 0.5) is 8.78 Å². The number of hydrogen-bond donors (Lipinski definition) is 2. The maximum atomic E-state index is 13.5. The molecule has 3 nitrogen and oxygen atoms in total. The van der Waals surface area contributed by atoms with Crippen LogP contribution in [0.5, 0.6) is 0 Å². The van der Waals surface area contributed by atoms with Crippen molar-refractivity contribution in [2.75, 3.05) is 0 Å². The van der Waals surface area contributed by atoms with Crippen LogP contribution in [-0.4, -0.2) is 11.9 Å². The van der Waals surface area contributed by atoms with Crippen molar-refractivity contribution in [2.45, 2.75) is 38.8 Å². The quantitative estimate of drug-likeness (QED) is 0.849. The molecule has 5 heteroatoms. The second-order valence-corrected chi connectivity index (χ2v) is 4.29. The molecule has 0 fully saturated rings. The molecule has 0 saturated carbocycles. The highest BCUT2D eigenvalue weighted by atomic mass is 19.1. The lowest BCUT2D eigenvalue weighted by molar-refractivity contribution is -0.123. The van der Waals surface area contributed by atoms with Gasteiger partial charge in [-0.2, -0.15) is 0 Å². The summed E-state index contributed by atoms with van der Waals surface area (Å²) < 4.78 is 26.5. The van der Waals surface area contributed by atoms with Crippen molar-refractivity contribution in [3.8, 4) is 0 Å². The average Bonchev–Trinajstić information content (AvgIpc) is 2.32. The highest BCUT2D eigenvalue weighted by Gasteiger charge is 2.18. The van der Waals surface area contributed by atoms with E-state index in [9.17, 15) is 13.6 Å². The van der Waals surface area contributed by atoms with Gasteiger partial charge in [0, 0.05) is 5.56 Å². The van der Waals surface area contributed by atoms with Gasteiger partial charge >= 0.3 is 0 Å². The predicted molar refractivity (Wildman–Crippen MR) is 65.8 cm³/mol. The van der Waals surface area contributed by atoms with Gasteiger partial charge in [-0.15, -0.1) is 0 Å². The molecule has 1 rings (SSSR count). The standard InChI is InChI=1S/C13H18F2N2O/c1-3-4-12(16)13(18)17-8(2)10-7-9(14)5-6-11(10)15/h5-8,12H,3-4,16H2,1-2H3,(H,17,18)/t8?,12-/m1/s1. The van der Waals surface area contributed by atoms with Gasteiger partial charge in [0.1, 0.15) is 11.6 Å². The molecule has 1 amide bonds. The molecule has 1 aromatic rings. The van der Waals surface area contributed by atoms with Gasteiger partial charge in [0.25, 0.3) is 0 Å². The molecule has 0 spiro atoms. The molecule has 0 aliphatic heterocycles. The zero-order chi connectivity index (χ0) is 13.7. The van der Waals surface area contributed by atoms with Crippen molar-refractivity contribution in [3.63, 3.8) is 0 Å². The Kier molecular flexibility index (Phi) is 5.22. The number of amides is 1. The first-order valence-corrected chi connectivity index (χ1v) is 5.96. The molecule has 1 unspecified atom stereocenters. The summed E-state index contributed by atoms with van der Waals surface area (Å²) in [6.45, 7) is 3.51. The van der Waals surface area contributed by atoms with Gasteiger partial charge in [-0.25, -0.2) is 8.78 Å². The van der Waals surface area contributed by atoms with Gasteiger partial charge in [-0.3, -0.25) is 4.79 Å². The minimum absolute atomic E-state index is 0.118. The highest BCUT2D eigenvalue weighted by Crippen LogP contribution is 2.18. The Morgan fingerprint density at radius 1 is 1.44 bits per heavy atom. The molecular formula is C13H18F2N2O. The lowest BCUT2D eigenvalue weighted by atomic mass is 10.1. The number of carbonyl (C=O) groups is 1. The van der Waals surface area contributed by atoms with Crippen molar-refractivity contribution in [1.82, 2.24) is 5.32 Å². The van der Waals surface area contributed by atoms with Crippen molar-refractivity contribution in [1.29, 1.82) is 0 Å². The van der Waals surface area contributed by atoms with E-state index in [-0.39, 0.29) is 11.5 Å². The van der Waals surface area contributed by atoms with Crippen LogP contribution >= 0.6 is 0 Å². The van der Waals surface area contributed by atoms with Gasteiger partial charge in [0.2, 0.25) is 5.91 Å². The minimum Gasteiger partial charge on any atom is -0.348 e. The Morgan fingerprint density at radius 2 is 2.11 bits per heavy atom. The molecular weight excluding hydrogens is 238 g/mol.